The van der Waals surface area contributed by atoms with Crippen LogP contribution in [0.3, 0.4) is 0 Å². The summed E-state index contributed by atoms with van der Waals surface area (Å²) in [6.45, 7) is 7.02. The van der Waals surface area contributed by atoms with E-state index >= 15 is 0 Å². The quantitative estimate of drug-likeness (QED) is 0.602. The van der Waals surface area contributed by atoms with Gasteiger partial charge in [-0.25, -0.2) is 0 Å². The Morgan fingerprint density at radius 3 is 2.58 bits per heavy atom. The standard InChI is InChI=1S/C10H19NO/c1-5-9(3)11-7-10(4,6-2)8-12/h1,9,11-12H,6-8H2,2-4H3. The third-order valence-electron chi connectivity index (χ3n) is 2.32. The molecule has 0 aromatic rings. The van der Waals surface area contributed by atoms with Crippen molar-refractivity contribution < 1.29 is 5.11 Å². The molecule has 0 fully saturated rings. The second kappa shape index (κ2) is 5.18. The number of nitrogens with one attached hydrogen (secondary N) is 1. The van der Waals surface area contributed by atoms with Crippen molar-refractivity contribution in [3.05, 3.63) is 0 Å². The molecule has 0 amide bonds. The van der Waals surface area contributed by atoms with Gasteiger partial charge in [-0.3, -0.25) is 0 Å². The molecule has 70 valence electrons. The molecule has 0 aliphatic heterocycles. The van der Waals surface area contributed by atoms with Gasteiger partial charge in [0.05, 0.1) is 6.04 Å². The van der Waals surface area contributed by atoms with E-state index < -0.39 is 0 Å². The fraction of sp³-hybridized carbons (Fsp3) is 0.800. The van der Waals surface area contributed by atoms with Gasteiger partial charge in [-0.1, -0.05) is 19.8 Å². The third-order valence-corrected chi connectivity index (χ3v) is 2.32. The first-order chi connectivity index (χ1) is 5.58. The molecule has 0 aliphatic rings. The Bertz CT molecular complexity index is 156. The molecule has 0 saturated carbocycles. The summed E-state index contributed by atoms with van der Waals surface area (Å²) in [5, 5.41) is 12.3. The molecule has 2 nitrogen and oxygen atoms in total. The molecule has 12 heavy (non-hydrogen) atoms. The number of aliphatic hydroxyl groups excluding tert-OH is 1. The minimum atomic E-state index is -0.0366. The van der Waals surface area contributed by atoms with E-state index in [2.05, 4.69) is 18.2 Å². The van der Waals surface area contributed by atoms with Crippen molar-refractivity contribution in [1.82, 2.24) is 5.32 Å². The predicted octanol–water partition coefficient (Wildman–Crippen LogP) is 1.01. The van der Waals surface area contributed by atoms with E-state index in [9.17, 15) is 0 Å². The summed E-state index contributed by atoms with van der Waals surface area (Å²) in [7, 11) is 0. The molecule has 0 bridgehead atoms. The number of hydrogen-bond donors (Lipinski definition) is 2. The fourth-order valence-electron chi connectivity index (χ4n) is 0.751. The summed E-state index contributed by atoms with van der Waals surface area (Å²) >= 11 is 0. The molecule has 0 saturated heterocycles. The highest BCUT2D eigenvalue weighted by Gasteiger charge is 2.20. The molecule has 0 aromatic heterocycles. The highest BCUT2D eigenvalue weighted by Crippen LogP contribution is 2.18. The van der Waals surface area contributed by atoms with Crippen LogP contribution >= 0.6 is 0 Å². The van der Waals surface area contributed by atoms with Crippen LogP contribution in [0.2, 0.25) is 0 Å². The number of hydrogen-bond acceptors (Lipinski definition) is 2. The van der Waals surface area contributed by atoms with E-state index in [1.807, 2.05) is 13.8 Å². The lowest BCUT2D eigenvalue weighted by Crippen LogP contribution is -2.38. The van der Waals surface area contributed by atoms with Crippen molar-refractivity contribution in [2.75, 3.05) is 13.2 Å². The van der Waals surface area contributed by atoms with Gasteiger partial charge in [0.2, 0.25) is 0 Å². The average molecular weight is 169 g/mol. The summed E-state index contributed by atoms with van der Waals surface area (Å²) in [5.41, 5.74) is -0.0366. The summed E-state index contributed by atoms with van der Waals surface area (Å²) in [5.74, 6) is 2.59. The lowest BCUT2D eigenvalue weighted by molar-refractivity contribution is 0.134. The SMILES string of the molecule is C#CC(C)NCC(C)(CC)CO. The van der Waals surface area contributed by atoms with E-state index in [4.69, 9.17) is 11.5 Å². The monoisotopic (exact) mass is 169 g/mol. The highest BCUT2D eigenvalue weighted by molar-refractivity contribution is 4.96. The van der Waals surface area contributed by atoms with Crippen LogP contribution < -0.4 is 5.32 Å². The average Bonchev–Trinajstić information content (AvgIpc) is 2.13. The van der Waals surface area contributed by atoms with Gasteiger partial charge in [0.25, 0.3) is 0 Å². The van der Waals surface area contributed by atoms with Crippen molar-refractivity contribution in [1.29, 1.82) is 0 Å². The van der Waals surface area contributed by atoms with E-state index in [0.717, 1.165) is 13.0 Å². The minimum Gasteiger partial charge on any atom is -0.396 e. The zero-order valence-electron chi connectivity index (χ0n) is 8.22. The Morgan fingerprint density at radius 2 is 2.25 bits per heavy atom. The van der Waals surface area contributed by atoms with Gasteiger partial charge in [-0.15, -0.1) is 6.42 Å². The molecule has 0 heterocycles. The van der Waals surface area contributed by atoms with Gasteiger partial charge in [0.1, 0.15) is 0 Å². The second-order valence-corrected chi connectivity index (χ2v) is 3.59. The lowest BCUT2D eigenvalue weighted by atomic mass is 9.88. The van der Waals surface area contributed by atoms with Gasteiger partial charge in [0, 0.05) is 18.6 Å². The zero-order chi connectivity index (χ0) is 9.61. The van der Waals surface area contributed by atoms with Crippen LogP contribution in [0.5, 0.6) is 0 Å². The zero-order valence-corrected chi connectivity index (χ0v) is 8.22. The third kappa shape index (κ3) is 3.75. The van der Waals surface area contributed by atoms with Crippen LogP contribution in [-0.4, -0.2) is 24.3 Å². The molecule has 2 unspecified atom stereocenters. The first-order valence-corrected chi connectivity index (χ1v) is 4.38. The van der Waals surface area contributed by atoms with Crippen LogP contribution in [0.15, 0.2) is 0 Å². The van der Waals surface area contributed by atoms with Crippen molar-refractivity contribution in [2.45, 2.75) is 33.2 Å². The maximum atomic E-state index is 9.08. The molecule has 0 rings (SSSR count). The maximum absolute atomic E-state index is 9.08. The van der Waals surface area contributed by atoms with E-state index in [1.165, 1.54) is 0 Å². The highest BCUT2D eigenvalue weighted by atomic mass is 16.3. The fourth-order valence-corrected chi connectivity index (χ4v) is 0.751. The molecular formula is C10H19NO. The van der Waals surface area contributed by atoms with Crippen LogP contribution in [0, 0.1) is 17.8 Å². The molecule has 2 N–H and O–H groups in total. The normalized spacial score (nSPS) is 17.9. The topological polar surface area (TPSA) is 32.3 Å². The van der Waals surface area contributed by atoms with E-state index in [1.54, 1.807) is 0 Å². The summed E-state index contributed by atoms with van der Waals surface area (Å²) in [4.78, 5) is 0. The Balaban J connectivity index is 3.82. The molecular weight excluding hydrogens is 150 g/mol. The number of terminal acetylenes is 1. The Labute approximate surface area is 75.4 Å². The Hall–Kier alpha value is -0.520. The second-order valence-electron chi connectivity index (χ2n) is 3.59. The van der Waals surface area contributed by atoms with Crippen molar-refractivity contribution in [2.24, 2.45) is 5.41 Å². The van der Waals surface area contributed by atoms with Crippen molar-refractivity contribution in [3.8, 4) is 12.3 Å². The summed E-state index contributed by atoms with van der Waals surface area (Å²) in [6, 6.07) is 0.0856. The lowest BCUT2D eigenvalue weighted by Gasteiger charge is -2.26. The largest absolute Gasteiger partial charge is 0.396 e. The maximum Gasteiger partial charge on any atom is 0.0658 e. The van der Waals surface area contributed by atoms with Crippen LogP contribution in [0.25, 0.3) is 0 Å². The van der Waals surface area contributed by atoms with Gasteiger partial charge >= 0.3 is 0 Å². The Morgan fingerprint density at radius 1 is 1.67 bits per heavy atom. The molecule has 0 spiro atoms. The number of aliphatic hydroxyl groups is 1. The van der Waals surface area contributed by atoms with Crippen LogP contribution in [0.1, 0.15) is 27.2 Å². The van der Waals surface area contributed by atoms with Crippen LogP contribution in [0.4, 0.5) is 0 Å². The van der Waals surface area contributed by atoms with E-state index in [0.29, 0.717) is 0 Å². The molecule has 2 atom stereocenters. The van der Waals surface area contributed by atoms with Crippen LogP contribution in [-0.2, 0) is 0 Å². The first-order valence-electron chi connectivity index (χ1n) is 4.38. The Kier molecular flexibility index (Phi) is 4.96. The summed E-state index contributed by atoms with van der Waals surface area (Å²) in [6.07, 6.45) is 6.16. The van der Waals surface area contributed by atoms with Crippen molar-refractivity contribution in [3.63, 3.8) is 0 Å². The summed E-state index contributed by atoms with van der Waals surface area (Å²) < 4.78 is 0. The smallest absolute Gasteiger partial charge is 0.0658 e. The van der Waals surface area contributed by atoms with Gasteiger partial charge < -0.3 is 10.4 Å². The van der Waals surface area contributed by atoms with Gasteiger partial charge in [-0.05, 0) is 13.3 Å². The van der Waals surface area contributed by atoms with Gasteiger partial charge in [0.15, 0.2) is 0 Å². The molecule has 0 aromatic carbocycles. The molecule has 0 aliphatic carbocycles. The molecule has 0 radical (unpaired) electrons. The van der Waals surface area contributed by atoms with Gasteiger partial charge in [-0.2, -0.15) is 0 Å². The first kappa shape index (κ1) is 11.5. The van der Waals surface area contributed by atoms with Crippen molar-refractivity contribution >= 4 is 0 Å². The van der Waals surface area contributed by atoms with E-state index in [-0.39, 0.29) is 18.1 Å². The molecule has 2 heteroatoms. The number of rotatable bonds is 5. The minimum absolute atomic E-state index is 0.0366. The predicted molar refractivity (Wildman–Crippen MR) is 51.8 cm³/mol.